The lowest BCUT2D eigenvalue weighted by Crippen LogP contribution is -2.38. The first-order valence-electron chi connectivity index (χ1n) is 7.05. The van der Waals surface area contributed by atoms with Crippen molar-refractivity contribution in [3.05, 3.63) is 22.7 Å². The van der Waals surface area contributed by atoms with E-state index in [1.165, 1.54) is 19.3 Å². The van der Waals surface area contributed by atoms with Gasteiger partial charge < -0.3 is 15.2 Å². The Labute approximate surface area is 119 Å². The second-order valence-corrected chi connectivity index (χ2v) is 5.90. The van der Waals surface area contributed by atoms with Gasteiger partial charge in [-0.3, -0.25) is 0 Å². The van der Waals surface area contributed by atoms with Crippen LogP contribution in [0, 0.1) is 0 Å². The van der Waals surface area contributed by atoms with Crippen molar-refractivity contribution in [1.29, 1.82) is 0 Å². The number of benzene rings is 1. The predicted molar refractivity (Wildman–Crippen MR) is 76.3 cm³/mol. The molecule has 1 heterocycles. The van der Waals surface area contributed by atoms with E-state index in [-0.39, 0.29) is 5.41 Å². The van der Waals surface area contributed by atoms with Crippen molar-refractivity contribution in [1.82, 2.24) is 0 Å². The Morgan fingerprint density at radius 3 is 2.58 bits per heavy atom. The quantitative estimate of drug-likeness (QED) is 0.905. The molecule has 1 aromatic rings. The molecule has 19 heavy (non-hydrogen) atoms. The first-order chi connectivity index (χ1) is 9.27. The smallest absolute Gasteiger partial charge is 0.166 e. The number of fused-ring (bicyclic) bond motifs is 1. The van der Waals surface area contributed by atoms with Crippen molar-refractivity contribution in [3.63, 3.8) is 0 Å². The minimum absolute atomic E-state index is 0.0403. The fourth-order valence-electron chi connectivity index (χ4n) is 3.37. The largest absolute Gasteiger partial charge is 0.486 e. The highest BCUT2D eigenvalue weighted by atomic mass is 35.5. The Morgan fingerprint density at radius 2 is 1.84 bits per heavy atom. The van der Waals surface area contributed by atoms with E-state index < -0.39 is 0 Å². The first-order valence-corrected chi connectivity index (χ1v) is 7.43. The minimum atomic E-state index is -0.0403. The predicted octanol–water partition coefficient (Wildman–Crippen LogP) is 3.27. The average Bonchev–Trinajstić information content (AvgIpc) is 2.48. The molecule has 0 unspecified atom stereocenters. The van der Waals surface area contributed by atoms with Crippen molar-refractivity contribution >= 4 is 11.6 Å². The molecule has 0 atom stereocenters. The van der Waals surface area contributed by atoms with E-state index in [9.17, 15) is 0 Å². The van der Waals surface area contributed by atoms with Crippen molar-refractivity contribution in [2.24, 2.45) is 5.73 Å². The number of halogens is 1. The normalized spacial score (nSPS) is 21.2. The minimum Gasteiger partial charge on any atom is -0.486 e. The van der Waals surface area contributed by atoms with E-state index in [0.717, 1.165) is 34.9 Å². The van der Waals surface area contributed by atoms with Crippen LogP contribution >= 0.6 is 11.6 Å². The molecule has 3 nitrogen and oxygen atoms in total. The zero-order chi connectivity index (χ0) is 13.3. The van der Waals surface area contributed by atoms with Crippen molar-refractivity contribution < 1.29 is 9.47 Å². The van der Waals surface area contributed by atoms with E-state index in [1.54, 1.807) is 0 Å². The third kappa shape index (κ3) is 2.19. The molecule has 0 amide bonds. The lowest BCUT2D eigenvalue weighted by Gasteiger charge is -2.39. The van der Waals surface area contributed by atoms with Gasteiger partial charge in [-0.25, -0.2) is 0 Å². The number of ether oxygens (including phenoxy) is 2. The van der Waals surface area contributed by atoms with Crippen molar-refractivity contribution in [2.75, 3.05) is 19.8 Å². The highest BCUT2D eigenvalue weighted by Gasteiger charge is 2.38. The van der Waals surface area contributed by atoms with E-state index in [0.29, 0.717) is 19.8 Å². The van der Waals surface area contributed by atoms with E-state index >= 15 is 0 Å². The molecule has 2 aliphatic rings. The van der Waals surface area contributed by atoms with Crippen LogP contribution in [0.5, 0.6) is 11.5 Å². The maximum atomic E-state index is 6.47. The molecule has 1 aromatic carbocycles. The monoisotopic (exact) mass is 281 g/mol. The van der Waals surface area contributed by atoms with Gasteiger partial charge in [-0.1, -0.05) is 30.9 Å². The van der Waals surface area contributed by atoms with Crippen molar-refractivity contribution in [3.8, 4) is 11.5 Å². The van der Waals surface area contributed by atoms with Gasteiger partial charge in [0.05, 0.1) is 0 Å². The first kappa shape index (κ1) is 13.1. The van der Waals surface area contributed by atoms with Gasteiger partial charge in [-0.2, -0.15) is 0 Å². The molecule has 0 spiro atoms. The summed E-state index contributed by atoms with van der Waals surface area (Å²) < 4.78 is 11.5. The van der Waals surface area contributed by atoms with Crippen LogP contribution in [0.3, 0.4) is 0 Å². The molecule has 3 rings (SSSR count). The molecule has 1 fully saturated rings. The summed E-state index contributed by atoms with van der Waals surface area (Å²) in [7, 11) is 0. The van der Waals surface area contributed by atoms with Gasteiger partial charge >= 0.3 is 0 Å². The van der Waals surface area contributed by atoms with Crippen LogP contribution in [0.2, 0.25) is 5.02 Å². The lowest BCUT2D eigenvalue weighted by molar-refractivity contribution is 0.164. The third-order valence-electron chi connectivity index (χ3n) is 4.39. The second-order valence-electron chi connectivity index (χ2n) is 5.49. The molecule has 0 bridgehead atoms. The van der Waals surface area contributed by atoms with Crippen LogP contribution < -0.4 is 15.2 Å². The zero-order valence-corrected chi connectivity index (χ0v) is 11.8. The highest BCUT2D eigenvalue weighted by molar-refractivity contribution is 6.31. The Balaban J connectivity index is 2.11. The molecule has 2 N–H and O–H groups in total. The SMILES string of the molecule is NCC1(c2c(Cl)ccc3c2OCCO3)CCCCC1. The van der Waals surface area contributed by atoms with Gasteiger partial charge in [-0.05, 0) is 25.0 Å². The van der Waals surface area contributed by atoms with E-state index in [2.05, 4.69) is 0 Å². The summed E-state index contributed by atoms with van der Waals surface area (Å²) in [6, 6.07) is 3.81. The summed E-state index contributed by atoms with van der Waals surface area (Å²) in [5.74, 6) is 1.63. The summed E-state index contributed by atoms with van der Waals surface area (Å²) >= 11 is 6.47. The molecule has 0 aromatic heterocycles. The maximum absolute atomic E-state index is 6.47. The summed E-state index contributed by atoms with van der Waals surface area (Å²) in [5.41, 5.74) is 7.15. The highest BCUT2D eigenvalue weighted by Crippen LogP contribution is 2.49. The lowest BCUT2D eigenvalue weighted by atomic mass is 9.69. The number of rotatable bonds is 2. The number of hydrogen-bond donors (Lipinski definition) is 1. The standard InChI is InChI=1S/C15H20ClNO2/c16-11-4-5-12-14(19-9-8-18-12)13(11)15(10-17)6-2-1-3-7-15/h4-5H,1-3,6-10,17H2. The van der Waals surface area contributed by atoms with Gasteiger partial charge in [-0.15, -0.1) is 0 Å². The van der Waals surface area contributed by atoms with Crippen LogP contribution in [-0.4, -0.2) is 19.8 Å². The molecular formula is C15H20ClNO2. The van der Waals surface area contributed by atoms with Crippen LogP contribution in [0.15, 0.2) is 12.1 Å². The van der Waals surface area contributed by atoms with Gasteiger partial charge in [0.25, 0.3) is 0 Å². The van der Waals surface area contributed by atoms with Gasteiger partial charge in [0.1, 0.15) is 13.2 Å². The van der Waals surface area contributed by atoms with Crippen LogP contribution in [0.4, 0.5) is 0 Å². The molecule has 1 aliphatic heterocycles. The topological polar surface area (TPSA) is 44.5 Å². The molecule has 104 valence electrons. The number of hydrogen-bond acceptors (Lipinski definition) is 3. The Bertz CT molecular complexity index is 469. The summed E-state index contributed by atoms with van der Waals surface area (Å²) in [5, 5.41) is 0.761. The van der Waals surface area contributed by atoms with Crippen molar-refractivity contribution in [2.45, 2.75) is 37.5 Å². The Hall–Kier alpha value is -0.930. The zero-order valence-electron chi connectivity index (χ0n) is 11.1. The fourth-order valence-corrected chi connectivity index (χ4v) is 3.72. The molecule has 0 saturated heterocycles. The van der Waals surface area contributed by atoms with Crippen LogP contribution in [-0.2, 0) is 5.41 Å². The number of nitrogens with two attached hydrogens (primary N) is 1. The van der Waals surface area contributed by atoms with E-state index in [1.807, 2.05) is 12.1 Å². The Morgan fingerprint density at radius 1 is 1.11 bits per heavy atom. The van der Waals surface area contributed by atoms with Gasteiger partial charge in [0.2, 0.25) is 0 Å². The summed E-state index contributed by atoms with van der Waals surface area (Å²) in [6.07, 6.45) is 5.87. The molecule has 4 heteroatoms. The van der Waals surface area contributed by atoms with Gasteiger partial charge in [0, 0.05) is 22.5 Å². The summed E-state index contributed by atoms with van der Waals surface area (Å²) in [4.78, 5) is 0. The molecule has 1 aliphatic carbocycles. The summed E-state index contributed by atoms with van der Waals surface area (Å²) in [6.45, 7) is 1.80. The van der Waals surface area contributed by atoms with Crippen LogP contribution in [0.25, 0.3) is 0 Å². The average molecular weight is 282 g/mol. The third-order valence-corrected chi connectivity index (χ3v) is 4.70. The molecular weight excluding hydrogens is 262 g/mol. The van der Waals surface area contributed by atoms with Gasteiger partial charge in [0.15, 0.2) is 11.5 Å². The molecule has 1 saturated carbocycles. The maximum Gasteiger partial charge on any atom is 0.166 e. The van der Waals surface area contributed by atoms with Crippen LogP contribution in [0.1, 0.15) is 37.7 Å². The molecule has 0 radical (unpaired) electrons. The Kier molecular flexibility index (Phi) is 3.59. The second kappa shape index (κ2) is 5.22. The fraction of sp³-hybridized carbons (Fsp3) is 0.600. The van der Waals surface area contributed by atoms with E-state index in [4.69, 9.17) is 26.8 Å².